The van der Waals surface area contributed by atoms with Crippen LogP contribution in [0.4, 0.5) is 13.2 Å². The van der Waals surface area contributed by atoms with Crippen molar-refractivity contribution in [2.45, 2.75) is 30.1 Å². The van der Waals surface area contributed by atoms with Gasteiger partial charge in [-0.2, -0.15) is 4.31 Å². The number of ether oxygens (including phenoxy) is 1. The molecule has 0 spiro atoms. The van der Waals surface area contributed by atoms with E-state index in [0.29, 0.717) is 12.8 Å². The largest absolute Gasteiger partial charge is 0.573 e. The zero-order chi connectivity index (χ0) is 18.4. The molecule has 2 fully saturated rings. The summed E-state index contributed by atoms with van der Waals surface area (Å²) >= 11 is 0. The molecule has 0 N–H and O–H groups in total. The minimum absolute atomic E-state index is 0.0187. The molecular formula is C15H17F3N2O4S. The summed E-state index contributed by atoms with van der Waals surface area (Å²) in [6.45, 7) is 0.370. The number of halogens is 3. The summed E-state index contributed by atoms with van der Waals surface area (Å²) in [7, 11) is -2.33. The molecule has 2 aliphatic heterocycles. The number of carbonyl (C=O) groups excluding carboxylic acids is 1. The van der Waals surface area contributed by atoms with E-state index in [1.165, 1.54) is 16.4 Å². The van der Waals surface area contributed by atoms with Crippen LogP contribution in [0, 0.1) is 5.92 Å². The first-order valence-corrected chi connectivity index (χ1v) is 9.13. The maximum atomic E-state index is 12.8. The summed E-state index contributed by atoms with van der Waals surface area (Å²) in [4.78, 5) is 13.1. The number of piperidine rings is 1. The number of fused-ring (bicyclic) bond motifs is 1. The van der Waals surface area contributed by atoms with E-state index in [0.717, 1.165) is 12.1 Å². The number of alkyl halides is 3. The van der Waals surface area contributed by atoms with E-state index in [4.69, 9.17) is 0 Å². The third kappa shape index (κ3) is 3.59. The molecule has 3 rings (SSSR count). The second kappa shape index (κ2) is 6.17. The van der Waals surface area contributed by atoms with Crippen LogP contribution in [0.5, 0.6) is 5.75 Å². The summed E-state index contributed by atoms with van der Waals surface area (Å²) in [6, 6.07) is 4.13. The van der Waals surface area contributed by atoms with Crippen LogP contribution in [0.25, 0.3) is 0 Å². The Morgan fingerprint density at radius 1 is 1.28 bits per heavy atom. The topological polar surface area (TPSA) is 66.9 Å². The lowest BCUT2D eigenvalue weighted by atomic mass is 9.93. The molecular weight excluding hydrogens is 361 g/mol. The quantitative estimate of drug-likeness (QED) is 0.805. The molecule has 0 saturated carbocycles. The van der Waals surface area contributed by atoms with Crippen LogP contribution in [0.2, 0.25) is 0 Å². The Kier molecular flexibility index (Phi) is 4.44. The lowest BCUT2D eigenvalue weighted by Gasteiger charge is -2.36. The highest BCUT2D eigenvalue weighted by Crippen LogP contribution is 2.34. The second-order valence-corrected chi connectivity index (χ2v) is 8.15. The zero-order valence-electron chi connectivity index (χ0n) is 13.4. The van der Waals surface area contributed by atoms with Crippen molar-refractivity contribution in [3.05, 3.63) is 24.3 Å². The van der Waals surface area contributed by atoms with Gasteiger partial charge in [-0.05, 0) is 24.5 Å². The average molecular weight is 378 g/mol. The molecule has 0 radical (unpaired) electrons. The highest BCUT2D eigenvalue weighted by Gasteiger charge is 2.44. The van der Waals surface area contributed by atoms with Crippen molar-refractivity contribution >= 4 is 15.9 Å². The van der Waals surface area contributed by atoms with Crippen LogP contribution in [0.15, 0.2) is 29.2 Å². The van der Waals surface area contributed by atoms with Gasteiger partial charge in [0.25, 0.3) is 0 Å². The Morgan fingerprint density at radius 3 is 2.68 bits per heavy atom. The number of nitrogens with zero attached hydrogens (tertiary/aromatic N) is 2. The summed E-state index contributed by atoms with van der Waals surface area (Å²) in [5.41, 5.74) is 0. The molecule has 10 heteroatoms. The molecule has 0 bridgehead atoms. The Hall–Kier alpha value is -1.81. The molecule has 2 aliphatic rings. The number of benzene rings is 1. The number of rotatable bonds is 3. The Balaban J connectivity index is 1.82. The van der Waals surface area contributed by atoms with E-state index in [-0.39, 0.29) is 35.9 Å². The number of hydrogen-bond acceptors (Lipinski definition) is 4. The van der Waals surface area contributed by atoms with E-state index in [2.05, 4.69) is 4.74 Å². The third-order valence-corrected chi connectivity index (χ3v) is 6.55. The molecule has 2 heterocycles. The Labute approximate surface area is 143 Å². The minimum Gasteiger partial charge on any atom is -0.406 e. The van der Waals surface area contributed by atoms with E-state index in [9.17, 15) is 26.4 Å². The summed E-state index contributed by atoms with van der Waals surface area (Å²) in [6.07, 6.45) is -3.95. The summed E-state index contributed by atoms with van der Waals surface area (Å²) in [5, 5.41) is 0. The van der Waals surface area contributed by atoms with Gasteiger partial charge < -0.3 is 9.64 Å². The molecule has 138 valence electrons. The first-order valence-electron chi connectivity index (χ1n) is 7.69. The van der Waals surface area contributed by atoms with Gasteiger partial charge in [0.05, 0.1) is 4.90 Å². The van der Waals surface area contributed by atoms with Crippen molar-refractivity contribution in [2.24, 2.45) is 5.92 Å². The number of likely N-dealkylation sites (N-methyl/N-ethyl adjacent to an activating group) is 1. The molecule has 25 heavy (non-hydrogen) atoms. The van der Waals surface area contributed by atoms with Crippen molar-refractivity contribution in [2.75, 3.05) is 20.1 Å². The van der Waals surface area contributed by atoms with Gasteiger partial charge in [0.15, 0.2) is 0 Å². The van der Waals surface area contributed by atoms with Crippen molar-refractivity contribution in [1.82, 2.24) is 9.21 Å². The van der Waals surface area contributed by atoms with Gasteiger partial charge in [0, 0.05) is 38.7 Å². The van der Waals surface area contributed by atoms with Crippen molar-refractivity contribution < 1.29 is 31.1 Å². The number of likely N-dealkylation sites (tertiary alicyclic amines) is 1. The van der Waals surface area contributed by atoms with Crippen LogP contribution < -0.4 is 4.74 Å². The van der Waals surface area contributed by atoms with Gasteiger partial charge in [-0.1, -0.05) is 6.07 Å². The van der Waals surface area contributed by atoms with Crippen LogP contribution in [0.3, 0.4) is 0 Å². The van der Waals surface area contributed by atoms with Crippen molar-refractivity contribution in [1.29, 1.82) is 0 Å². The SMILES string of the molecule is CN1C(=O)C[C@H]2CCN(S(=O)(=O)c3cccc(OC(F)(F)F)c3)C[C@H]21. The molecule has 2 atom stereocenters. The molecule has 0 unspecified atom stereocenters. The summed E-state index contributed by atoms with van der Waals surface area (Å²) in [5.74, 6) is -0.490. The van der Waals surface area contributed by atoms with Crippen molar-refractivity contribution in [3.63, 3.8) is 0 Å². The number of amides is 1. The van der Waals surface area contributed by atoms with Gasteiger partial charge in [-0.25, -0.2) is 8.42 Å². The number of carbonyl (C=O) groups is 1. The van der Waals surface area contributed by atoms with Crippen molar-refractivity contribution in [3.8, 4) is 5.75 Å². The maximum absolute atomic E-state index is 12.8. The van der Waals surface area contributed by atoms with Crippen LogP contribution in [-0.2, 0) is 14.8 Å². The third-order valence-electron chi connectivity index (χ3n) is 4.69. The lowest BCUT2D eigenvalue weighted by molar-refractivity contribution is -0.274. The van der Waals surface area contributed by atoms with Crippen LogP contribution in [-0.4, -0.2) is 56.1 Å². The predicted octanol–water partition coefficient (Wildman–Crippen LogP) is 1.83. The van der Waals surface area contributed by atoms with E-state index < -0.39 is 22.1 Å². The molecule has 1 aromatic rings. The maximum Gasteiger partial charge on any atom is 0.573 e. The molecule has 0 aliphatic carbocycles. The molecule has 6 nitrogen and oxygen atoms in total. The zero-order valence-corrected chi connectivity index (χ0v) is 14.2. The van der Waals surface area contributed by atoms with Gasteiger partial charge >= 0.3 is 6.36 Å². The molecule has 1 aromatic carbocycles. The van der Waals surface area contributed by atoms with Crippen LogP contribution >= 0.6 is 0 Å². The van der Waals surface area contributed by atoms with E-state index in [1.54, 1.807) is 11.9 Å². The van der Waals surface area contributed by atoms with Gasteiger partial charge in [-0.3, -0.25) is 4.79 Å². The van der Waals surface area contributed by atoms with Gasteiger partial charge in [0.2, 0.25) is 15.9 Å². The molecule has 0 aromatic heterocycles. The first-order chi connectivity index (χ1) is 11.6. The minimum atomic E-state index is -4.90. The van der Waals surface area contributed by atoms with E-state index >= 15 is 0 Å². The van der Waals surface area contributed by atoms with E-state index in [1.807, 2.05) is 0 Å². The number of sulfonamides is 1. The highest BCUT2D eigenvalue weighted by atomic mass is 32.2. The summed E-state index contributed by atoms with van der Waals surface area (Å²) < 4.78 is 67.5. The normalized spacial score (nSPS) is 25.1. The fraction of sp³-hybridized carbons (Fsp3) is 0.533. The Bertz CT molecular complexity index is 781. The second-order valence-electron chi connectivity index (χ2n) is 6.21. The molecule has 2 saturated heterocycles. The highest BCUT2D eigenvalue weighted by molar-refractivity contribution is 7.89. The fourth-order valence-electron chi connectivity index (χ4n) is 3.38. The van der Waals surface area contributed by atoms with Gasteiger partial charge in [0.1, 0.15) is 5.75 Å². The standard InChI is InChI=1S/C15H17F3N2O4S/c1-19-13-9-20(6-5-10(13)7-14(19)21)25(22,23)12-4-2-3-11(8-12)24-15(16,17)18/h2-4,8,10,13H,5-7,9H2,1H3/t10-,13-/m1/s1. The first kappa shape index (κ1) is 18.0. The van der Waals surface area contributed by atoms with Gasteiger partial charge in [-0.15, -0.1) is 13.2 Å². The Morgan fingerprint density at radius 2 is 2.00 bits per heavy atom. The predicted molar refractivity (Wildman–Crippen MR) is 81.2 cm³/mol. The molecule has 1 amide bonds. The monoisotopic (exact) mass is 378 g/mol. The fourth-order valence-corrected chi connectivity index (χ4v) is 4.89. The smallest absolute Gasteiger partial charge is 0.406 e. The number of hydrogen-bond donors (Lipinski definition) is 0. The van der Waals surface area contributed by atoms with Crippen LogP contribution in [0.1, 0.15) is 12.8 Å². The lowest BCUT2D eigenvalue weighted by Crippen LogP contribution is -2.49. The average Bonchev–Trinajstić information content (AvgIpc) is 2.80.